The normalized spacial score (nSPS) is 12.1. The van der Waals surface area contributed by atoms with E-state index in [-0.39, 0.29) is 11.9 Å². The highest BCUT2D eigenvalue weighted by atomic mass is 16.3. The van der Waals surface area contributed by atoms with E-state index in [4.69, 9.17) is 4.42 Å². The lowest BCUT2D eigenvalue weighted by molar-refractivity contribution is 0.0938. The summed E-state index contributed by atoms with van der Waals surface area (Å²) >= 11 is 0. The number of aromatic nitrogens is 2. The number of hydrogen-bond acceptors (Lipinski definition) is 3. The number of aryl methyl sites for hydroxylation is 1. The summed E-state index contributed by atoms with van der Waals surface area (Å²) < 4.78 is 7.09. The molecule has 0 bridgehead atoms. The number of amides is 1. The summed E-state index contributed by atoms with van der Waals surface area (Å²) in [5.74, 6) is 0.498. The molecule has 1 aromatic carbocycles. The predicted octanol–water partition coefficient (Wildman–Crippen LogP) is 3.26. The zero-order valence-electron chi connectivity index (χ0n) is 12.5. The SMILES string of the molecule is Cc1occc1C(=O)N[C@@H](C)c1ccc(-n2ccnc2)cc1. The summed E-state index contributed by atoms with van der Waals surface area (Å²) in [5, 5.41) is 2.98. The van der Waals surface area contributed by atoms with Gasteiger partial charge in [-0.05, 0) is 37.6 Å². The molecule has 2 aromatic heterocycles. The number of nitrogens with one attached hydrogen (secondary N) is 1. The van der Waals surface area contributed by atoms with E-state index in [9.17, 15) is 4.79 Å². The summed E-state index contributed by atoms with van der Waals surface area (Å²) in [6.45, 7) is 3.74. The quantitative estimate of drug-likeness (QED) is 0.803. The fraction of sp³-hybridized carbons (Fsp3) is 0.176. The molecule has 0 aliphatic heterocycles. The van der Waals surface area contributed by atoms with Crippen molar-refractivity contribution in [1.29, 1.82) is 0 Å². The van der Waals surface area contributed by atoms with Crippen LogP contribution < -0.4 is 5.32 Å². The average Bonchev–Trinajstić information content (AvgIpc) is 3.18. The first-order valence-corrected chi connectivity index (χ1v) is 7.08. The summed E-state index contributed by atoms with van der Waals surface area (Å²) in [4.78, 5) is 16.2. The number of furan rings is 1. The maximum absolute atomic E-state index is 12.2. The molecule has 0 radical (unpaired) electrons. The molecule has 0 saturated heterocycles. The van der Waals surface area contributed by atoms with Crippen LogP contribution >= 0.6 is 0 Å². The second-order valence-corrected chi connectivity index (χ2v) is 5.15. The summed E-state index contributed by atoms with van der Waals surface area (Å²) in [5.41, 5.74) is 2.64. The Balaban J connectivity index is 1.71. The fourth-order valence-corrected chi connectivity index (χ4v) is 2.33. The van der Waals surface area contributed by atoms with Crippen LogP contribution in [0, 0.1) is 6.92 Å². The van der Waals surface area contributed by atoms with E-state index < -0.39 is 0 Å². The van der Waals surface area contributed by atoms with Crippen molar-refractivity contribution in [2.45, 2.75) is 19.9 Å². The maximum atomic E-state index is 12.2. The molecular weight excluding hydrogens is 278 g/mol. The van der Waals surface area contributed by atoms with Crippen LogP contribution in [-0.4, -0.2) is 15.5 Å². The van der Waals surface area contributed by atoms with Gasteiger partial charge in [0, 0.05) is 18.1 Å². The van der Waals surface area contributed by atoms with Gasteiger partial charge in [0.05, 0.1) is 24.2 Å². The van der Waals surface area contributed by atoms with Crippen molar-refractivity contribution in [2.24, 2.45) is 0 Å². The summed E-state index contributed by atoms with van der Waals surface area (Å²) in [7, 11) is 0. The van der Waals surface area contributed by atoms with Crippen molar-refractivity contribution in [3.8, 4) is 5.69 Å². The topological polar surface area (TPSA) is 60.1 Å². The van der Waals surface area contributed by atoms with E-state index in [1.165, 1.54) is 6.26 Å². The summed E-state index contributed by atoms with van der Waals surface area (Å²) in [6.07, 6.45) is 6.91. The molecule has 0 aliphatic carbocycles. The lowest BCUT2D eigenvalue weighted by Gasteiger charge is -2.14. The van der Waals surface area contributed by atoms with Gasteiger partial charge in [0.15, 0.2) is 0 Å². The fourth-order valence-electron chi connectivity index (χ4n) is 2.33. The van der Waals surface area contributed by atoms with E-state index in [1.54, 1.807) is 25.5 Å². The van der Waals surface area contributed by atoms with Crippen molar-refractivity contribution < 1.29 is 9.21 Å². The van der Waals surface area contributed by atoms with Crippen LogP contribution in [0.3, 0.4) is 0 Å². The second kappa shape index (κ2) is 5.89. The minimum Gasteiger partial charge on any atom is -0.469 e. The third-order valence-electron chi connectivity index (χ3n) is 3.65. The van der Waals surface area contributed by atoms with Gasteiger partial charge in [-0.3, -0.25) is 4.79 Å². The number of carbonyl (C=O) groups is 1. The van der Waals surface area contributed by atoms with Crippen molar-refractivity contribution in [3.63, 3.8) is 0 Å². The van der Waals surface area contributed by atoms with Crippen molar-refractivity contribution in [1.82, 2.24) is 14.9 Å². The molecule has 1 atom stereocenters. The highest BCUT2D eigenvalue weighted by Crippen LogP contribution is 2.17. The smallest absolute Gasteiger partial charge is 0.255 e. The van der Waals surface area contributed by atoms with Gasteiger partial charge < -0.3 is 14.3 Å². The van der Waals surface area contributed by atoms with Gasteiger partial charge in [-0.2, -0.15) is 0 Å². The molecule has 1 N–H and O–H groups in total. The van der Waals surface area contributed by atoms with E-state index in [2.05, 4.69) is 10.3 Å². The molecule has 2 heterocycles. The van der Waals surface area contributed by atoms with Gasteiger partial charge in [0.25, 0.3) is 5.91 Å². The molecule has 22 heavy (non-hydrogen) atoms. The molecule has 0 fully saturated rings. The molecule has 1 amide bonds. The van der Waals surface area contributed by atoms with E-state index in [1.807, 2.05) is 42.0 Å². The first-order valence-electron chi connectivity index (χ1n) is 7.08. The molecule has 0 saturated carbocycles. The third kappa shape index (κ3) is 2.79. The Kier molecular flexibility index (Phi) is 3.78. The van der Waals surface area contributed by atoms with Crippen LogP contribution in [0.4, 0.5) is 0 Å². The molecule has 5 nitrogen and oxygen atoms in total. The van der Waals surface area contributed by atoms with Crippen LogP contribution in [-0.2, 0) is 0 Å². The Labute approximate surface area is 128 Å². The number of hydrogen-bond donors (Lipinski definition) is 1. The molecule has 3 rings (SSSR count). The van der Waals surface area contributed by atoms with E-state index in [0.29, 0.717) is 11.3 Å². The van der Waals surface area contributed by atoms with Gasteiger partial charge in [0.1, 0.15) is 5.76 Å². The van der Waals surface area contributed by atoms with Crippen LogP contribution in [0.25, 0.3) is 5.69 Å². The minimum atomic E-state index is -0.127. The van der Waals surface area contributed by atoms with Gasteiger partial charge in [-0.15, -0.1) is 0 Å². The Hall–Kier alpha value is -2.82. The largest absolute Gasteiger partial charge is 0.469 e. The standard InChI is InChI=1S/C17H17N3O2/c1-12(19-17(21)16-7-10-22-13(16)2)14-3-5-15(6-4-14)20-9-8-18-11-20/h3-12H,1-2H3,(H,19,21)/t12-/m0/s1. The maximum Gasteiger partial charge on any atom is 0.255 e. The highest BCUT2D eigenvalue weighted by Gasteiger charge is 2.15. The van der Waals surface area contributed by atoms with Gasteiger partial charge in [0.2, 0.25) is 0 Å². The molecule has 3 aromatic rings. The molecule has 5 heteroatoms. The number of nitrogens with zero attached hydrogens (tertiary/aromatic N) is 2. The summed E-state index contributed by atoms with van der Waals surface area (Å²) in [6, 6.07) is 9.61. The Morgan fingerprint density at radius 3 is 2.64 bits per heavy atom. The Morgan fingerprint density at radius 2 is 2.05 bits per heavy atom. The van der Waals surface area contributed by atoms with E-state index >= 15 is 0 Å². The first-order chi connectivity index (χ1) is 10.6. The van der Waals surface area contributed by atoms with Crippen molar-refractivity contribution in [2.75, 3.05) is 0 Å². The number of carbonyl (C=O) groups excluding carboxylic acids is 1. The zero-order chi connectivity index (χ0) is 15.5. The lowest BCUT2D eigenvalue weighted by Crippen LogP contribution is -2.26. The van der Waals surface area contributed by atoms with Gasteiger partial charge >= 0.3 is 0 Å². The van der Waals surface area contributed by atoms with Gasteiger partial charge in [-0.1, -0.05) is 12.1 Å². The minimum absolute atomic E-state index is 0.0846. The highest BCUT2D eigenvalue weighted by molar-refractivity contribution is 5.95. The molecule has 0 aliphatic rings. The monoisotopic (exact) mass is 295 g/mol. The van der Waals surface area contributed by atoms with Crippen LogP contribution in [0.5, 0.6) is 0 Å². The average molecular weight is 295 g/mol. The number of imidazole rings is 1. The number of benzene rings is 1. The predicted molar refractivity (Wildman–Crippen MR) is 82.9 cm³/mol. The Bertz CT molecular complexity index is 758. The second-order valence-electron chi connectivity index (χ2n) is 5.15. The van der Waals surface area contributed by atoms with E-state index in [0.717, 1.165) is 11.3 Å². The van der Waals surface area contributed by atoms with Crippen LogP contribution in [0.2, 0.25) is 0 Å². The van der Waals surface area contributed by atoms with Crippen molar-refractivity contribution in [3.05, 3.63) is 72.2 Å². The van der Waals surface area contributed by atoms with Crippen LogP contribution in [0.1, 0.15) is 34.6 Å². The van der Waals surface area contributed by atoms with Crippen LogP contribution in [0.15, 0.2) is 59.7 Å². The molecule has 0 unspecified atom stereocenters. The lowest BCUT2D eigenvalue weighted by atomic mass is 10.1. The molecular formula is C17H17N3O2. The van der Waals surface area contributed by atoms with Crippen molar-refractivity contribution >= 4 is 5.91 Å². The first kappa shape index (κ1) is 14.1. The van der Waals surface area contributed by atoms with Gasteiger partial charge in [-0.25, -0.2) is 4.98 Å². The number of rotatable bonds is 4. The Morgan fingerprint density at radius 1 is 1.27 bits per heavy atom. The zero-order valence-corrected chi connectivity index (χ0v) is 12.5. The molecule has 0 spiro atoms. The molecule has 112 valence electrons. The third-order valence-corrected chi connectivity index (χ3v) is 3.65.